The zero-order valence-electron chi connectivity index (χ0n) is 10.3. The maximum atomic E-state index is 11.7. The molecule has 1 saturated carbocycles. The number of amides is 2. The molecule has 0 heterocycles. The molecule has 102 valence electrons. The number of benzene rings is 1. The number of hydrogen-bond acceptors (Lipinski definition) is 2. The van der Waals surface area contributed by atoms with Crippen LogP contribution in [-0.4, -0.2) is 23.7 Å². The molecule has 3 N–H and O–H groups in total. The van der Waals surface area contributed by atoms with E-state index in [0.29, 0.717) is 23.6 Å². The highest BCUT2D eigenvalue weighted by Gasteiger charge is 2.44. The summed E-state index contributed by atoms with van der Waals surface area (Å²) in [4.78, 5) is 22.8. The summed E-state index contributed by atoms with van der Waals surface area (Å²) in [5.41, 5.74) is -0.214. The van der Waals surface area contributed by atoms with Crippen LogP contribution < -0.4 is 10.6 Å². The van der Waals surface area contributed by atoms with Gasteiger partial charge in [0.2, 0.25) is 0 Å². The van der Waals surface area contributed by atoms with Crippen LogP contribution in [0.5, 0.6) is 0 Å². The van der Waals surface area contributed by atoms with E-state index in [1.807, 2.05) is 0 Å². The van der Waals surface area contributed by atoms with Crippen molar-refractivity contribution in [1.29, 1.82) is 0 Å². The Kier molecular flexibility index (Phi) is 3.95. The molecule has 0 spiro atoms. The van der Waals surface area contributed by atoms with Crippen molar-refractivity contribution < 1.29 is 14.7 Å². The quantitative estimate of drug-likeness (QED) is 0.794. The van der Waals surface area contributed by atoms with Gasteiger partial charge in [-0.15, -0.1) is 0 Å². The SMILES string of the molecule is O=C(NCC1(C(=O)O)CCC1)Nc1cccc(Cl)c1. The van der Waals surface area contributed by atoms with E-state index in [4.69, 9.17) is 16.7 Å². The number of anilines is 1. The number of carbonyl (C=O) groups is 2. The molecule has 0 unspecified atom stereocenters. The van der Waals surface area contributed by atoms with Crippen LogP contribution >= 0.6 is 11.6 Å². The molecule has 1 aromatic carbocycles. The molecule has 19 heavy (non-hydrogen) atoms. The number of carboxylic acid groups (broad SMARTS) is 1. The second-order valence-corrected chi connectivity index (χ2v) is 5.19. The lowest BCUT2D eigenvalue weighted by molar-refractivity contribution is -0.153. The molecule has 2 amide bonds. The number of hydrogen-bond donors (Lipinski definition) is 3. The van der Waals surface area contributed by atoms with Crippen LogP contribution in [0.1, 0.15) is 19.3 Å². The fraction of sp³-hybridized carbons (Fsp3) is 0.385. The minimum Gasteiger partial charge on any atom is -0.481 e. The molecule has 1 aromatic rings. The minimum atomic E-state index is -0.846. The van der Waals surface area contributed by atoms with Gasteiger partial charge in [-0.1, -0.05) is 24.1 Å². The Morgan fingerprint density at radius 2 is 2.11 bits per heavy atom. The first-order valence-electron chi connectivity index (χ1n) is 6.06. The van der Waals surface area contributed by atoms with Crippen LogP contribution in [-0.2, 0) is 4.79 Å². The molecule has 0 atom stereocenters. The monoisotopic (exact) mass is 282 g/mol. The van der Waals surface area contributed by atoms with Crippen molar-refractivity contribution in [3.63, 3.8) is 0 Å². The third-order valence-electron chi connectivity index (χ3n) is 3.43. The summed E-state index contributed by atoms with van der Waals surface area (Å²) in [7, 11) is 0. The largest absolute Gasteiger partial charge is 0.481 e. The van der Waals surface area contributed by atoms with Gasteiger partial charge in [-0.25, -0.2) is 4.79 Å². The van der Waals surface area contributed by atoms with Gasteiger partial charge in [-0.3, -0.25) is 4.79 Å². The molecule has 0 aliphatic heterocycles. The first kappa shape index (κ1) is 13.7. The standard InChI is InChI=1S/C13H15ClN2O3/c14-9-3-1-4-10(7-9)16-12(19)15-8-13(11(17)18)5-2-6-13/h1,3-4,7H,2,5-6,8H2,(H,17,18)(H2,15,16,19). The number of halogens is 1. The maximum Gasteiger partial charge on any atom is 0.319 e. The van der Waals surface area contributed by atoms with Gasteiger partial charge >= 0.3 is 12.0 Å². The zero-order chi connectivity index (χ0) is 13.9. The minimum absolute atomic E-state index is 0.148. The van der Waals surface area contributed by atoms with Gasteiger partial charge in [0, 0.05) is 17.3 Å². The Bertz CT molecular complexity index is 500. The van der Waals surface area contributed by atoms with Gasteiger partial charge in [-0.2, -0.15) is 0 Å². The molecule has 0 bridgehead atoms. The first-order chi connectivity index (χ1) is 9.02. The molecule has 0 radical (unpaired) electrons. The highest BCUT2D eigenvalue weighted by Crippen LogP contribution is 2.40. The summed E-state index contributed by atoms with van der Waals surface area (Å²) in [6, 6.07) is 6.34. The Balaban J connectivity index is 1.87. The maximum absolute atomic E-state index is 11.7. The average molecular weight is 283 g/mol. The summed E-state index contributed by atoms with van der Waals surface area (Å²) < 4.78 is 0. The number of carbonyl (C=O) groups excluding carboxylic acids is 1. The molecule has 1 aliphatic rings. The van der Waals surface area contributed by atoms with Crippen LogP contribution in [0.3, 0.4) is 0 Å². The number of urea groups is 1. The second kappa shape index (κ2) is 5.48. The smallest absolute Gasteiger partial charge is 0.319 e. The highest BCUT2D eigenvalue weighted by molar-refractivity contribution is 6.30. The van der Waals surface area contributed by atoms with Gasteiger partial charge in [0.25, 0.3) is 0 Å². The second-order valence-electron chi connectivity index (χ2n) is 4.76. The van der Waals surface area contributed by atoms with Crippen molar-refractivity contribution in [3.8, 4) is 0 Å². The normalized spacial score (nSPS) is 16.3. The molecule has 1 fully saturated rings. The topological polar surface area (TPSA) is 78.4 Å². The van der Waals surface area contributed by atoms with E-state index in [0.717, 1.165) is 6.42 Å². The fourth-order valence-corrected chi connectivity index (χ4v) is 2.25. The van der Waals surface area contributed by atoms with E-state index in [1.54, 1.807) is 24.3 Å². The van der Waals surface area contributed by atoms with Crippen LogP contribution in [0.25, 0.3) is 0 Å². The molecular formula is C13H15ClN2O3. The third kappa shape index (κ3) is 3.17. The number of aliphatic carboxylic acids is 1. The summed E-state index contributed by atoms with van der Waals surface area (Å²) in [5.74, 6) is -0.846. The molecule has 2 rings (SSSR count). The molecule has 0 aromatic heterocycles. The van der Waals surface area contributed by atoms with E-state index in [1.165, 1.54) is 0 Å². The van der Waals surface area contributed by atoms with Gasteiger partial charge in [0.05, 0.1) is 5.41 Å². The first-order valence-corrected chi connectivity index (χ1v) is 6.43. The van der Waals surface area contributed by atoms with Crippen molar-refractivity contribution in [2.75, 3.05) is 11.9 Å². The van der Waals surface area contributed by atoms with Crippen LogP contribution in [0.15, 0.2) is 24.3 Å². The van der Waals surface area contributed by atoms with Gasteiger partial charge in [0.15, 0.2) is 0 Å². The van der Waals surface area contributed by atoms with E-state index in [2.05, 4.69) is 10.6 Å². The van der Waals surface area contributed by atoms with Crippen molar-refractivity contribution in [2.24, 2.45) is 5.41 Å². The van der Waals surface area contributed by atoms with E-state index >= 15 is 0 Å². The summed E-state index contributed by atoms with van der Waals surface area (Å²) in [6.45, 7) is 0.148. The number of nitrogens with one attached hydrogen (secondary N) is 2. The Hall–Kier alpha value is -1.75. The molecule has 5 nitrogen and oxygen atoms in total. The van der Waals surface area contributed by atoms with Gasteiger partial charge < -0.3 is 15.7 Å². The lowest BCUT2D eigenvalue weighted by atomic mass is 9.69. The fourth-order valence-electron chi connectivity index (χ4n) is 2.06. The molecule has 1 aliphatic carbocycles. The Morgan fingerprint density at radius 1 is 1.37 bits per heavy atom. The van der Waals surface area contributed by atoms with Gasteiger partial charge in [0.1, 0.15) is 0 Å². The summed E-state index contributed by atoms with van der Waals surface area (Å²) in [5, 5.41) is 14.9. The van der Waals surface area contributed by atoms with Crippen molar-refractivity contribution in [3.05, 3.63) is 29.3 Å². The van der Waals surface area contributed by atoms with Crippen LogP contribution in [0.4, 0.5) is 10.5 Å². The van der Waals surface area contributed by atoms with E-state index in [9.17, 15) is 9.59 Å². The highest BCUT2D eigenvalue weighted by atomic mass is 35.5. The van der Waals surface area contributed by atoms with Crippen LogP contribution in [0.2, 0.25) is 5.02 Å². The lowest BCUT2D eigenvalue weighted by Gasteiger charge is -2.37. The summed E-state index contributed by atoms with van der Waals surface area (Å²) in [6.07, 6.45) is 2.11. The lowest BCUT2D eigenvalue weighted by Crippen LogP contribution is -2.48. The Labute approximate surface area is 116 Å². The third-order valence-corrected chi connectivity index (χ3v) is 3.67. The molecular weight excluding hydrogens is 268 g/mol. The predicted molar refractivity (Wildman–Crippen MR) is 72.4 cm³/mol. The summed E-state index contributed by atoms with van der Waals surface area (Å²) >= 11 is 5.80. The van der Waals surface area contributed by atoms with E-state index < -0.39 is 17.4 Å². The van der Waals surface area contributed by atoms with E-state index in [-0.39, 0.29) is 6.54 Å². The van der Waals surface area contributed by atoms with Gasteiger partial charge in [-0.05, 0) is 31.0 Å². The molecule has 6 heteroatoms. The van der Waals surface area contributed by atoms with Crippen LogP contribution in [0, 0.1) is 5.41 Å². The van der Waals surface area contributed by atoms with Crippen molar-refractivity contribution in [1.82, 2.24) is 5.32 Å². The number of carboxylic acids is 1. The van der Waals surface area contributed by atoms with Crippen molar-refractivity contribution >= 4 is 29.3 Å². The predicted octanol–water partition coefficient (Wildman–Crippen LogP) is 2.72. The number of rotatable bonds is 4. The zero-order valence-corrected chi connectivity index (χ0v) is 11.0. The van der Waals surface area contributed by atoms with Crippen molar-refractivity contribution in [2.45, 2.75) is 19.3 Å². The molecule has 0 saturated heterocycles. The average Bonchev–Trinajstić information content (AvgIpc) is 2.26. The Morgan fingerprint density at radius 3 is 2.63 bits per heavy atom.